The molecule has 1 heterocycles. The summed E-state index contributed by atoms with van der Waals surface area (Å²) in [6, 6.07) is -2.50. The predicted molar refractivity (Wildman–Crippen MR) is 146 cm³/mol. The molecule has 3 amide bonds. The molecular weight excluding hydrogens is 811 g/mol. The summed E-state index contributed by atoms with van der Waals surface area (Å²) in [6.45, 7) is -2.47. The Kier molecular flexibility index (Phi) is 12.4. The molecule has 7 N–H and O–H groups in total. The minimum absolute atomic E-state index is 0.0613. The zero-order chi connectivity index (χ0) is 26.3. The fraction of sp³-hybridized carbons (Fsp3) is 0.526. The number of rotatable bonds is 10. The topological polar surface area (TPSA) is 198 Å². The lowest BCUT2D eigenvalue weighted by Crippen LogP contribution is -2.42. The van der Waals surface area contributed by atoms with Crippen LogP contribution in [0.4, 0.5) is 15.3 Å². The SMILES string of the molecule is O=C(NC(CO)CO)Oc1c(I)c(OC(=O)NC(CO)CO)c(I)c(N2C(=O)CCC2CO)c1I. The molecule has 0 aliphatic carbocycles. The van der Waals surface area contributed by atoms with Crippen molar-refractivity contribution in [2.45, 2.75) is 31.0 Å². The lowest BCUT2D eigenvalue weighted by molar-refractivity contribution is -0.117. The molecule has 16 heteroatoms. The number of carbonyl (C=O) groups excluding carboxylic acids is 3. The third kappa shape index (κ3) is 7.38. The first-order chi connectivity index (χ1) is 16.6. The number of nitrogens with one attached hydrogen (secondary N) is 2. The highest BCUT2D eigenvalue weighted by Crippen LogP contribution is 2.47. The molecule has 1 aliphatic rings. The van der Waals surface area contributed by atoms with Crippen molar-refractivity contribution in [1.82, 2.24) is 10.6 Å². The van der Waals surface area contributed by atoms with E-state index in [0.29, 0.717) is 13.6 Å². The Bertz CT molecular complexity index is 888. The van der Waals surface area contributed by atoms with Crippen LogP contribution in [0.2, 0.25) is 0 Å². The Morgan fingerprint density at radius 3 is 1.66 bits per heavy atom. The zero-order valence-corrected chi connectivity index (χ0v) is 24.5. The maximum Gasteiger partial charge on any atom is 0.413 e. The van der Waals surface area contributed by atoms with Crippen LogP contribution in [-0.2, 0) is 4.79 Å². The van der Waals surface area contributed by atoms with Crippen LogP contribution in [-0.4, -0.2) is 94.8 Å². The molecule has 0 saturated carbocycles. The largest absolute Gasteiger partial charge is 0.413 e. The van der Waals surface area contributed by atoms with Crippen LogP contribution >= 0.6 is 67.8 Å². The van der Waals surface area contributed by atoms with Crippen molar-refractivity contribution >= 4 is 91.6 Å². The van der Waals surface area contributed by atoms with Crippen LogP contribution in [0.15, 0.2) is 0 Å². The van der Waals surface area contributed by atoms with Gasteiger partial charge in [0.05, 0.1) is 64.0 Å². The summed E-state index contributed by atoms with van der Waals surface area (Å²) in [5.74, 6) is -0.407. The number of nitrogens with zero attached hydrogens (tertiary/aromatic N) is 1. The van der Waals surface area contributed by atoms with Gasteiger partial charge in [-0.15, -0.1) is 0 Å². The maximum atomic E-state index is 12.7. The molecule has 196 valence electrons. The van der Waals surface area contributed by atoms with Crippen molar-refractivity contribution < 1.29 is 49.4 Å². The number of hydrogen-bond donors (Lipinski definition) is 7. The molecule has 1 atom stereocenters. The fourth-order valence-electron chi connectivity index (χ4n) is 3.10. The highest BCUT2D eigenvalue weighted by Gasteiger charge is 2.38. The first-order valence-corrected chi connectivity index (χ1v) is 13.4. The standard InChI is InChI=1S/C19H24I3N3O10/c20-12-15(25-10(7-30)1-2-11(25)31)13(21)17(35-19(33)24-9(5-28)6-29)14(22)16(12)34-18(32)23-8(3-26)4-27/h8-10,26-30H,1-7H2,(H,23,32)(H,24,33). The van der Waals surface area contributed by atoms with Gasteiger partial charge in [0.2, 0.25) is 5.91 Å². The molecule has 1 aliphatic heterocycles. The van der Waals surface area contributed by atoms with E-state index in [9.17, 15) is 39.9 Å². The van der Waals surface area contributed by atoms with E-state index < -0.39 is 56.7 Å². The van der Waals surface area contributed by atoms with Gasteiger partial charge in [-0.3, -0.25) is 4.79 Å². The summed E-state index contributed by atoms with van der Waals surface area (Å²) in [5, 5.41) is 51.2. The quantitative estimate of drug-likeness (QED) is 0.156. The summed E-state index contributed by atoms with van der Waals surface area (Å²) >= 11 is 5.54. The minimum Gasteiger partial charge on any atom is -0.408 e. The van der Waals surface area contributed by atoms with Gasteiger partial charge in [0.25, 0.3) is 0 Å². The molecule has 13 nitrogen and oxygen atoms in total. The number of ether oxygens (including phenoxy) is 2. The van der Waals surface area contributed by atoms with Crippen LogP contribution in [0.25, 0.3) is 0 Å². The van der Waals surface area contributed by atoms with E-state index in [-0.39, 0.29) is 39.7 Å². The van der Waals surface area contributed by atoms with E-state index in [1.165, 1.54) is 4.90 Å². The first kappa shape index (κ1) is 30.4. The van der Waals surface area contributed by atoms with Crippen molar-refractivity contribution in [2.75, 3.05) is 37.9 Å². The molecule has 0 radical (unpaired) electrons. The number of aliphatic hydroxyl groups excluding tert-OH is 5. The Morgan fingerprint density at radius 1 is 0.857 bits per heavy atom. The van der Waals surface area contributed by atoms with E-state index in [2.05, 4.69) is 10.6 Å². The second-order valence-corrected chi connectivity index (χ2v) is 10.5. The van der Waals surface area contributed by atoms with Gasteiger partial charge in [-0.2, -0.15) is 0 Å². The molecule has 0 aromatic heterocycles. The number of carbonyl (C=O) groups is 3. The van der Waals surface area contributed by atoms with Crippen LogP contribution in [0.3, 0.4) is 0 Å². The summed E-state index contributed by atoms with van der Waals surface area (Å²) in [7, 11) is 0. The van der Waals surface area contributed by atoms with Gasteiger partial charge in [-0.05, 0) is 74.2 Å². The molecule has 1 saturated heterocycles. The molecule has 1 aromatic carbocycles. The smallest absolute Gasteiger partial charge is 0.408 e. The molecule has 2 rings (SSSR count). The number of benzene rings is 1. The first-order valence-electron chi connectivity index (χ1n) is 10.2. The van der Waals surface area contributed by atoms with E-state index in [1.54, 1.807) is 22.6 Å². The molecule has 1 aromatic rings. The normalized spacial score (nSPS) is 15.7. The molecular formula is C19H24I3N3O10. The van der Waals surface area contributed by atoms with Crippen molar-refractivity contribution in [3.8, 4) is 11.5 Å². The second kappa shape index (κ2) is 14.2. The fourth-order valence-corrected chi connectivity index (χ4v) is 7.22. The van der Waals surface area contributed by atoms with E-state index in [0.717, 1.165) is 0 Å². The number of halogens is 3. The molecule has 0 bridgehead atoms. The number of aliphatic hydroxyl groups is 5. The van der Waals surface area contributed by atoms with Crippen LogP contribution in [0.1, 0.15) is 12.8 Å². The van der Waals surface area contributed by atoms with Gasteiger partial charge in [-0.25, -0.2) is 9.59 Å². The summed E-state index contributed by atoms with van der Waals surface area (Å²) in [4.78, 5) is 39.0. The lowest BCUT2D eigenvalue weighted by Gasteiger charge is -2.28. The van der Waals surface area contributed by atoms with Crippen molar-refractivity contribution in [1.29, 1.82) is 0 Å². The van der Waals surface area contributed by atoms with Crippen LogP contribution < -0.4 is 25.0 Å². The summed E-state index contributed by atoms with van der Waals surface area (Å²) < 4.78 is 11.7. The third-order valence-electron chi connectivity index (χ3n) is 4.91. The lowest BCUT2D eigenvalue weighted by atomic mass is 10.2. The Morgan fingerprint density at radius 2 is 1.29 bits per heavy atom. The highest BCUT2D eigenvalue weighted by atomic mass is 127. The Hall–Kier alpha value is -0.780. The number of anilines is 1. The predicted octanol–water partition coefficient (Wildman–Crippen LogP) is -0.129. The average molecular weight is 835 g/mol. The summed E-state index contributed by atoms with van der Waals surface area (Å²) in [6.07, 6.45) is -1.45. The van der Waals surface area contributed by atoms with Crippen LogP contribution in [0.5, 0.6) is 11.5 Å². The number of amides is 3. The van der Waals surface area contributed by atoms with Gasteiger partial charge in [0.1, 0.15) is 3.57 Å². The molecule has 35 heavy (non-hydrogen) atoms. The van der Waals surface area contributed by atoms with Crippen molar-refractivity contribution in [2.24, 2.45) is 0 Å². The van der Waals surface area contributed by atoms with E-state index in [1.807, 2.05) is 45.2 Å². The van der Waals surface area contributed by atoms with Gasteiger partial charge in [-0.1, -0.05) is 0 Å². The van der Waals surface area contributed by atoms with Crippen molar-refractivity contribution in [3.05, 3.63) is 10.7 Å². The Labute approximate surface area is 240 Å². The van der Waals surface area contributed by atoms with Crippen LogP contribution in [0, 0.1) is 10.7 Å². The average Bonchev–Trinajstić information content (AvgIpc) is 3.21. The minimum atomic E-state index is -1.01. The van der Waals surface area contributed by atoms with E-state index >= 15 is 0 Å². The molecule has 1 fully saturated rings. The van der Waals surface area contributed by atoms with E-state index in [4.69, 9.17) is 9.47 Å². The second-order valence-electron chi connectivity index (χ2n) is 7.28. The van der Waals surface area contributed by atoms with Crippen molar-refractivity contribution in [3.63, 3.8) is 0 Å². The van der Waals surface area contributed by atoms with Gasteiger partial charge < -0.3 is 50.5 Å². The monoisotopic (exact) mass is 835 g/mol. The highest BCUT2D eigenvalue weighted by molar-refractivity contribution is 14.1. The summed E-state index contributed by atoms with van der Waals surface area (Å²) in [5.41, 5.74) is 0.264. The zero-order valence-electron chi connectivity index (χ0n) is 18.0. The molecule has 1 unspecified atom stereocenters. The Balaban J connectivity index is 2.58. The molecule has 0 spiro atoms. The third-order valence-corrected chi connectivity index (χ3v) is 7.89. The van der Waals surface area contributed by atoms with Gasteiger partial charge >= 0.3 is 12.2 Å². The number of hydrogen-bond acceptors (Lipinski definition) is 10. The van der Waals surface area contributed by atoms with Gasteiger partial charge in [0, 0.05) is 6.42 Å². The van der Waals surface area contributed by atoms with Gasteiger partial charge in [0.15, 0.2) is 11.5 Å². The maximum absolute atomic E-state index is 12.7.